The minimum atomic E-state index is -0.0444. The van der Waals surface area contributed by atoms with E-state index in [-0.39, 0.29) is 6.04 Å². The molecular formula is C16H17BN3O2. The van der Waals surface area contributed by atoms with E-state index in [0.717, 1.165) is 28.3 Å². The molecule has 1 N–H and O–H groups in total. The highest BCUT2D eigenvalue weighted by Crippen LogP contribution is 2.28. The Morgan fingerprint density at radius 2 is 2.36 bits per heavy atom. The van der Waals surface area contributed by atoms with Gasteiger partial charge in [-0.2, -0.15) is 5.48 Å². The van der Waals surface area contributed by atoms with Gasteiger partial charge in [0.25, 0.3) is 7.41 Å². The van der Waals surface area contributed by atoms with Crippen molar-refractivity contribution < 1.29 is 9.63 Å². The number of hydroxylamine groups is 1. The monoisotopic (exact) mass is 294 g/mol. The molecule has 111 valence electrons. The Morgan fingerprint density at radius 1 is 1.50 bits per heavy atom. The Labute approximate surface area is 130 Å². The summed E-state index contributed by atoms with van der Waals surface area (Å²) in [5, 5.41) is 1.10. The number of para-hydroxylation sites is 1. The van der Waals surface area contributed by atoms with Crippen LogP contribution >= 0.6 is 0 Å². The minimum absolute atomic E-state index is 0.0444. The zero-order valence-corrected chi connectivity index (χ0v) is 12.2. The van der Waals surface area contributed by atoms with E-state index in [1.54, 1.807) is 13.5 Å². The van der Waals surface area contributed by atoms with Gasteiger partial charge in [0, 0.05) is 18.5 Å². The van der Waals surface area contributed by atoms with Crippen molar-refractivity contribution in [1.82, 2.24) is 15.3 Å². The van der Waals surface area contributed by atoms with Crippen LogP contribution in [-0.4, -0.2) is 36.5 Å². The highest BCUT2D eigenvalue weighted by Gasteiger charge is 2.27. The molecule has 1 atom stereocenters. The number of fused-ring (bicyclic) bond motifs is 2. The lowest BCUT2D eigenvalue weighted by Gasteiger charge is -2.33. The van der Waals surface area contributed by atoms with Crippen LogP contribution in [0.2, 0.25) is 0 Å². The molecular weight excluding hydrogens is 277 g/mol. The zero-order valence-electron chi connectivity index (χ0n) is 12.2. The number of benzene rings is 1. The maximum Gasteiger partial charge on any atom is 0.293 e. The van der Waals surface area contributed by atoms with Gasteiger partial charge in [0.05, 0.1) is 30.0 Å². The first-order valence-corrected chi connectivity index (χ1v) is 7.21. The van der Waals surface area contributed by atoms with Crippen molar-refractivity contribution >= 4 is 24.5 Å². The lowest BCUT2D eigenvalue weighted by molar-refractivity contribution is 0.0258. The summed E-state index contributed by atoms with van der Waals surface area (Å²) in [5.41, 5.74) is 6.07. The van der Waals surface area contributed by atoms with Gasteiger partial charge in [-0.15, -0.1) is 6.58 Å². The Balaban J connectivity index is 1.95. The maximum absolute atomic E-state index is 10.8. The van der Waals surface area contributed by atoms with E-state index in [1.165, 1.54) is 0 Å². The molecule has 0 amide bonds. The molecule has 3 rings (SSSR count). The van der Waals surface area contributed by atoms with Crippen molar-refractivity contribution in [3.05, 3.63) is 54.2 Å². The number of carbonyl (C=O) groups excluding carboxylic acids is 1. The van der Waals surface area contributed by atoms with E-state index in [2.05, 4.69) is 18.1 Å². The molecule has 22 heavy (non-hydrogen) atoms. The van der Waals surface area contributed by atoms with Gasteiger partial charge in [0.2, 0.25) is 0 Å². The first kappa shape index (κ1) is 14.9. The van der Waals surface area contributed by atoms with E-state index >= 15 is 0 Å². The number of nitrogens with zero attached hydrogens (tertiary/aromatic N) is 2. The summed E-state index contributed by atoms with van der Waals surface area (Å²) >= 11 is 0. The van der Waals surface area contributed by atoms with Gasteiger partial charge in [0.1, 0.15) is 0 Å². The average Bonchev–Trinajstić information content (AvgIpc) is 2.53. The molecule has 0 aliphatic carbocycles. The molecule has 0 bridgehead atoms. The highest BCUT2D eigenvalue weighted by atomic mass is 16.6. The summed E-state index contributed by atoms with van der Waals surface area (Å²) in [7, 11) is 1.54. The summed E-state index contributed by atoms with van der Waals surface area (Å²) in [6.45, 7) is 5.33. The predicted octanol–water partition coefficient (Wildman–Crippen LogP) is 1.61. The number of hydrogen-bond acceptors (Lipinski definition) is 5. The van der Waals surface area contributed by atoms with Crippen molar-refractivity contribution in [2.75, 3.05) is 13.2 Å². The topological polar surface area (TPSA) is 54.5 Å². The highest BCUT2D eigenvalue weighted by molar-refractivity contribution is 6.64. The smallest absolute Gasteiger partial charge is 0.293 e. The molecule has 0 fully saturated rings. The number of nitrogens with one attached hydrogen (secondary N) is 1. The fourth-order valence-corrected chi connectivity index (χ4v) is 2.70. The average molecular weight is 294 g/mol. The first-order chi connectivity index (χ1) is 10.8. The van der Waals surface area contributed by atoms with E-state index in [1.807, 2.05) is 29.1 Å². The Bertz CT molecular complexity index is 692. The summed E-state index contributed by atoms with van der Waals surface area (Å²) in [6.07, 6.45) is 2.48. The van der Waals surface area contributed by atoms with Gasteiger partial charge < -0.3 is 9.61 Å². The maximum atomic E-state index is 10.8. The SMILES string of the molecule is C=CCONC1CN([B]C=O)Cc2nc3ccccc3cc21. The summed E-state index contributed by atoms with van der Waals surface area (Å²) in [6, 6.07) is 10.1. The molecule has 0 spiro atoms. The van der Waals surface area contributed by atoms with Crippen LogP contribution < -0.4 is 5.48 Å². The molecule has 1 aromatic heterocycles. The van der Waals surface area contributed by atoms with Crippen molar-refractivity contribution in [3.63, 3.8) is 0 Å². The third-order valence-corrected chi connectivity index (χ3v) is 3.68. The van der Waals surface area contributed by atoms with Crippen LogP contribution in [-0.2, 0) is 16.2 Å². The van der Waals surface area contributed by atoms with Crippen molar-refractivity contribution in [1.29, 1.82) is 0 Å². The number of pyridine rings is 1. The van der Waals surface area contributed by atoms with Crippen LogP contribution in [0.4, 0.5) is 0 Å². The minimum Gasteiger partial charge on any atom is -0.333 e. The van der Waals surface area contributed by atoms with E-state index in [0.29, 0.717) is 19.7 Å². The van der Waals surface area contributed by atoms with Crippen molar-refractivity contribution in [2.24, 2.45) is 0 Å². The lowest BCUT2D eigenvalue weighted by atomic mass is 9.88. The van der Waals surface area contributed by atoms with Gasteiger partial charge >= 0.3 is 0 Å². The van der Waals surface area contributed by atoms with Gasteiger partial charge in [-0.25, -0.2) is 0 Å². The number of rotatable bonds is 6. The van der Waals surface area contributed by atoms with Gasteiger partial charge in [-0.1, -0.05) is 24.3 Å². The Hall–Kier alpha value is -2.02. The van der Waals surface area contributed by atoms with Crippen LogP contribution in [0.5, 0.6) is 0 Å². The second-order valence-corrected chi connectivity index (χ2v) is 5.20. The molecule has 1 aliphatic rings. The fraction of sp³-hybridized carbons (Fsp3) is 0.250. The summed E-state index contributed by atoms with van der Waals surface area (Å²) in [4.78, 5) is 22.8. The third kappa shape index (κ3) is 3.09. The molecule has 1 aliphatic heterocycles. The molecule has 1 aromatic carbocycles. The molecule has 5 nitrogen and oxygen atoms in total. The second-order valence-electron chi connectivity index (χ2n) is 5.20. The van der Waals surface area contributed by atoms with Crippen LogP contribution in [0.1, 0.15) is 17.3 Å². The molecule has 1 unspecified atom stereocenters. The number of carbonyl (C=O) groups is 1. The van der Waals surface area contributed by atoms with Crippen LogP contribution in [0.15, 0.2) is 43.0 Å². The summed E-state index contributed by atoms with van der Waals surface area (Å²) < 4.78 is 0. The van der Waals surface area contributed by atoms with Gasteiger partial charge in [-0.3, -0.25) is 9.82 Å². The second kappa shape index (κ2) is 6.83. The molecule has 6 heteroatoms. The third-order valence-electron chi connectivity index (χ3n) is 3.68. The predicted molar refractivity (Wildman–Crippen MR) is 86.7 cm³/mol. The first-order valence-electron chi connectivity index (χ1n) is 7.21. The fourth-order valence-electron chi connectivity index (χ4n) is 2.70. The molecule has 1 radical (unpaired) electrons. The number of aromatic nitrogens is 1. The molecule has 2 aromatic rings. The van der Waals surface area contributed by atoms with E-state index in [9.17, 15) is 4.79 Å². The van der Waals surface area contributed by atoms with E-state index < -0.39 is 0 Å². The quantitative estimate of drug-likeness (QED) is 0.288. The van der Waals surface area contributed by atoms with Gasteiger partial charge in [-0.05, 0) is 17.7 Å². The number of hydrogen-bond donors (Lipinski definition) is 1. The largest absolute Gasteiger partial charge is 0.333 e. The van der Waals surface area contributed by atoms with Crippen LogP contribution in [0.3, 0.4) is 0 Å². The van der Waals surface area contributed by atoms with Crippen LogP contribution in [0, 0.1) is 0 Å². The summed E-state index contributed by atoms with van der Waals surface area (Å²) in [5.74, 6) is 0. The molecule has 2 heterocycles. The zero-order chi connectivity index (χ0) is 15.4. The Morgan fingerprint density at radius 3 is 3.18 bits per heavy atom. The lowest BCUT2D eigenvalue weighted by Crippen LogP contribution is -2.42. The van der Waals surface area contributed by atoms with Crippen molar-refractivity contribution in [2.45, 2.75) is 12.6 Å². The molecule has 0 saturated heterocycles. The standard InChI is InChI=1S/C16H17BN3O2/c1-2-7-22-19-16-10-20(17-11-21)9-15-13(16)8-12-5-3-4-6-14(12)18-15/h2-6,8,11,16,19H,1,7,9-10H2. The normalized spacial score (nSPS) is 17.9. The Kier molecular flexibility index (Phi) is 4.63. The van der Waals surface area contributed by atoms with Gasteiger partial charge in [0.15, 0.2) is 0 Å². The van der Waals surface area contributed by atoms with E-state index in [4.69, 9.17) is 9.82 Å². The van der Waals surface area contributed by atoms with Crippen LogP contribution in [0.25, 0.3) is 10.9 Å². The molecule has 0 saturated carbocycles. The van der Waals surface area contributed by atoms with Crippen molar-refractivity contribution in [3.8, 4) is 0 Å².